The Bertz CT molecular complexity index is 3920. The van der Waals surface area contributed by atoms with E-state index in [9.17, 15) is 91.0 Å². The number of nitrogens with zero attached hydrogens (tertiary/aromatic N) is 4. The van der Waals surface area contributed by atoms with Gasteiger partial charge in [0, 0.05) is 21.1 Å². The van der Waals surface area contributed by atoms with Crippen LogP contribution in [0.5, 0.6) is 0 Å². The number of alkyl halides is 12. The fourth-order valence-electron chi connectivity index (χ4n) is 9.94. The average Bonchev–Trinajstić information content (AvgIpc) is 1.42. The van der Waals surface area contributed by atoms with Crippen molar-refractivity contribution < 1.29 is 91.0 Å². The monoisotopic (exact) mass is 1470 g/mol. The number of carbonyl (C=O) groups excluding carboxylic acids is 8. The fourth-order valence-corrected chi connectivity index (χ4v) is 9.94. The molecule has 0 aliphatic carbocycles. The molecule has 12 rings (SSSR count). The second-order valence-electron chi connectivity index (χ2n) is 21.3. The van der Waals surface area contributed by atoms with Gasteiger partial charge in [0.2, 0.25) is 5.41 Å². The van der Waals surface area contributed by atoms with E-state index in [1.807, 2.05) is 142 Å². The Balaban J connectivity index is 0.000000697. The number of imide groups is 4. The van der Waals surface area contributed by atoms with E-state index in [0.717, 1.165) is 55.4 Å². The number of amides is 8. The number of hydrogen-bond donors (Lipinski definition) is 0. The van der Waals surface area contributed by atoms with Gasteiger partial charge in [0.1, 0.15) is 0 Å². The molecule has 4 aliphatic rings. The third-order valence-electron chi connectivity index (χ3n) is 14.4. The van der Waals surface area contributed by atoms with Gasteiger partial charge in [0.25, 0.3) is 47.3 Å². The first-order valence-corrected chi connectivity index (χ1v) is 33.9. The molecule has 0 atom stereocenters. The van der Waals surface area contributed by atoms with Crippen LogP contribution in [0, 0.1) is 6.92 Å². The van der Waals surface area contributed by atoms with E-state index in [1.54, 1.807) is 24.3 Å². The maximum atomic E-state index is 14.4. The second-order valence-corrected chi connectivity index (χ2v) is 21.3. The summed E-state index contributed by atoms with van der Waals surface area (Å²) in [7, 11) is 3.58. The van der Waals surface area contributed by atoms with E-state index in [1.165, 1.54) is 57.1 Å². The van der Waals surface area contributed by atoms with Crippen molar-refractivity contribution in [3.05, 3.63) is 266 Å². The molecule has 0 bridgehead atoms. The summed E-state index contributed by atoms with van der Waals surface area (Å²) in [5, 5.41) is 0. The van der Waals surface area contributed by atoms with Gasteiger partial charge < -0.3 is 0 Å². The third-order valence-corrected chi connectivity index (χ3v) is 14.4. The van der Waals surface area contributed by atoms with Gasteiger partial charge in [-0.25, -0.2) is 4.90 Å². The number of rotatable bonds is 4. The second kappa shape index (κ2) is 42.3. The summed E-state index contributed by atoms with van der Waals surface area (Å²) in [5.74, 6) is -5.87. The molecule has 8 amide bonds. The van der Waals surface area contributed by atoms with Gasteiger partial charge in [-0.3, -0.25) is 53.1 Å². The van der Waals surface area contributed by atoms with Gasteiger partial charge >= 0.3 is 24.7 Å². The van der Waals surface area contributed by atoms with E-state index in [-0.39, 0.29) is 45.3 Å². The molecule has 0 N–H and O–H groups in total. The van der Waals surface area contributed by atoms with Gasteiger partial charge in [0.05, 0.1) is 61.3 Å². The van der Waals surface area contributed by atoms with Gasteiger partial charge in [-0.2, -0.15) is 52.7 Å². The van der Waals surface area contributed by atoms with Crippen LogP contribution in [0.25, 0.3) is 11.1 Å². The van der Waals surface area contributed by atoms with Crippen LogP contribution in [-0.2, 0) is 17.8 Å². The quantitative estimate of drug-likeness (QED) is 0.125. The van der Waals surface area contributed by atoms with Crippen LogP contribution in [0.1, 0.15) is 220 Å². The van der Waals surface area contributed by atoms with Crippen LogP contribution in [0.4, 0.5) is 58.4 Å². The summed E-state index contributed by atoms with van der Waals surface area (Å²) in [6, 6.07) is 45.3. The predicted octanol–water partition coefficient (Wildman–Crippen LogP) is 22.3. The molecule has 4 aliphatic heterocycles. The number of fused-ring (bicyclic) bond motifs is 4. The maximum Gasteiger partial charge on any atom is 0.417 e. The van der Waals surface area contributed by atoms with Crippen LogP contribution in [-0.4, -0.2) is 95.5 Å². The summed E-state index contributed by atoms with van der Waals surface area (Å²) in [6.45, 7) is 29.9. The Kier molecular flexibility index (Phi) is 37.3. The molecular weight excluding hydrogens is 1380 g/mol. The summed E-state index contributed by atoms with van der Waals surface area (Å²) in [5.41, 5.74) is -12.3. The Hall–Kier alpha value is -10.5. The molecule has 24 heteroatoms. The minimum Gasteiger partial charge on any atom is -0.277 e. The lowest BCUT2D eigenvalue weighted by atomic mass is 9.71. The van der Waals surface area contributed by atoms with Crippen LogP contribution < -0.4 is 4.90 Å². The molecular formula is C81H90F12N4O8. The number of carbonyl (C=O) groups is 8. The Morgan fingerprint density at radius 3 is 0.771 bits per heavy atom. The summed E-state index contributed by atoms with van der Waals surface area (Å²) >= 11 is 0. The van der Waals surface area contributed by atoms with Crippen molar-refractivity contribution in [3.63, 3.8) is 0 Å². The lowest BCUT2D eigenvalue weighted by Crippen LogP contribution is -2.55. The van der Waals surface area contributed by atoms with Crippen LogP contribution in [0.2, 0.25) is 0 Å². The minimum atomic E-state index is -5.98. The highest BCUT2D eigenvalue weighted by molar-refractivity contribution is 6.34. The number of anilines is 1. The largest absolute Gasteiger partial charge is 0.417 e. The first kappa shape index (κ1) is 92.5. The fraction of sp³-hybridized carbons (Fsp3) is 0.309. The highest BCUT2D eigenvalue weighted by atomic mass is 19.4. The van der Waals surface area contributed by atoms with Crippen molar-refractivity contribution in [2.75, 3.05) is 26.0 Å². The molecule has 0 radical (unpaired) electrons. The van der Waals surface area contributed by atoms with Crippen molar-refractivity contribution in [2.24, 2.45) is 0 Å². The molecule has 0 saturated carbocycles. The highest BCUT2D eigenvalue weighted by Gasteiger charge is 2.73. The molecule has 0 spiro atoms. The number of benzene rings is 8. The van der Waals surface area contributed by atoms with E-state index < -0.39 is 110 Å². The van der Waals surface area contributed by atoms with Crippen molar-refractivity contribution in [2.45, 2.75) is 147 Å². The topological polar surface area (TPSA) is 150 Å². The maximum absolute atomic E-state index is 14.4. The van der Waals surface area contributed by atoms with E-state index in [4.69, 9.17) is 0 Å². The first-order valence-electron chi connectivity index (χ1n) is 33.9. The molecule has 0 fully saturated rings. The van der Waals surface area contributed by atoms with Gasteiger partial charge in [-0.15, -0.1) is 0 Å². The van der Waals surface area contributed by atoms with Crippen molar-refractivity contribution in [3.8, 4) is 11.1 Å². The lowest BCUT2D eigenvalue weighted by Gasteiger charge is -2.38. The summed E-state index contributed by atoms with van der Waals surface area (Å²) in [4.78, 5) is 99.3. The zero-order chi connectivity index (χ0) is 80.7. The molecule has 566 valence electrons. The first-order chi connectivity index (χ1) is 49.6. The lowest BCUT2D eigenvalue weighted by molar-refractivity contribution is -0.288. The number of halogens is 12. The Morgan fingerprint density at radius 2 is 0.505 bits per heavy atom. The smallest absolute Gasteiger partial charge is 0.277 e. The van der Waals surface area contributed by atoms with Crippen molar-refractivity contribution in [1.29, 1.82) is 0 Å². The molecule has 0 unspecified atom stereocenters. The van der Waals surface area contributed by atoms with Gasteiger partial charge in [-0.1, -0.05) is 243 Å². The minimum absolute atomic E-state index is 0.0352. The summed E-state index contributed by atoms with van der Waals surface area (Å²) < 4.78 is 169. The number of hydrogen-bond acceptors (Lipinski definition) is 8. The van der Waals surface area contributed by atoms with E-state index in [0.29, 0.717) is 56.2 Å². The molecule has 0 aromatic heterocycles. The van der Waals surface area contributed by atoms with E-state index in [2.05, 4.69) is 27.7 Å². The Morgan fingerprint density at radius 1 is 0.276 bits per heavy atom. The third kappa shape index (κ3) is 21.8. The average molecular weight is 1480 g/mol. The molecule has 8 aromatic carbocycles. The SMILES string of the molecule is CC.CC.CC.CC.CC.CCC.CCC.CN1C(=O)c2ccc(C(c3ccc4c(c3)C(=O)N(C)C4=O)(C(F)(F)F)C(F)(F)F)cc2C1=O.CN1C(=O)c2ccccc2C1=O.Cc1ccc(-c2ccc(N3C(=O)c4ccccc4C3=O)cc2C(F)(F)F)c(C(F)(F)F)c1.c1ccccc1.c1ccccc1. The molecule has 12 nitrogen and oxygen atoms in total. The normalized spacial score (nSPS) is 12.8. The van der Waals surface area contributed by atoms with Crippen molar-refractivity contribution in [1.82, 2.24) is 14.7 Å². The molecule has 8 aromatic rings. The van der Waals surface area contributed by atoms with Crippen LogP contribution in [0.3, 0.4) is 0 Å². The van der Waals surface area contributed by atoms with Crippen LogP contribution >= 0.6 is 0 Å². The highest BCUT2D eigenvalue weighted by Crippen LogP contribution is 2.57. The summed E-state index contributed by atoms with van der Waals surface area (Å²) in [6.07, 6.45) is -19.4. The number of aryl methyl sites for hydroxylation is 1. The molecule has 4 heterocycles. The van der Waals surface area contributed by atoms with E-state index >= 15 is 0 Å². The predicted molar refractivity (Wildman–Crippen MR) is 387 cm³/mol. The van der Waals surface area contributed by atoms with Crippen LogP contribution in [0.15, 0.2) is 194 Å². The van der Waals surface area contributed by atoms with Gasteiger partial charge in [0.15, 0.2) is 0 Å². The Labute approximate surface area is 606 Å². The zero-order valence-corrected chi connectivity index (χ0v) is 62.0. The molecule has 0 saturated heterocycles. The molecule has 105 heavy (non-hydrogen) atoms. The van der Waals surface area contributed by atoms with Gasteiger partial charge in [-0.05, 0) is 95.9 Å². The zero-order valence-electron chi connectivity index (χ0n) is 62.0. The van der Waals surface area contributed by atoms with Crippen molar-refractivity contribution >= 4 is 52.9 Å². The standard InChI is InChI=1S/C23H13F6NO2.C21H12F6N2O4.C9H7NO2.2C6H6.2C3H8.5C2H6/c1-12-6-8-14(18(10-12)22(24,25)26)15-9-7-13(11-19(15)23(27,28)29)30-20(31)16-4-2-3-5-17(16)21(30)32;1-28-15(30)11-5-3-9(7-13(11)17(28)32)19(20(22,23)24,21(25,26)27)10-4-6-12-14(8-10)18(33)29(2)16(12)31;1-10-8(11)6-4-2-3-5-7(6)9(10)12;2*1-2-4-6-5-3-1;2*1-3-2;5*1-2/h2-11H,1H3;3-8H,1-2H3;2-5H,1H3;2*1-6H;2*3H2,1-2H3;5*1-2H3.